The van der Waals surface area contributed by atoms with Gasteiger partial charge in [0.25, 0.3) is 0 Å². The molecule has 0 aliphatic rings. The van der Waals surface area contributed by atoms with E-state index in [1.54, 1.807) is 13.3 Å². The second kappa shape index (κ2) is 12.6. The van der Waals surface area contributed by atoms with Crippen molar-refractivity contribution in [2.24, 2.45) is 5.16 Å². The number of rotatable bonds is 15. The van der Waals surface area contributed by atoms with Crippen molar-refractivity contribution in [3.05, 3.63) is 0 Å². The lowest BCUT2D eigenvalue weighted by atomic mass is 10.0. The standard InChI is InChI=1S/C20H49NO6Si4/c1-22-19(17(15-21-23-2)25-29(6,7)8)20(27-31(12,13)14)18(26-30(9,10)11)16-24-28(3,4)5/h15,17-20H,16H2,1-14H3/t17-,18+,19+,20+/m0/s1. The third-order valence-electron chi connectivity index (χ3n) is 3.76. The van der Waals surface area contributed by atoms with Crippen LogP contribution in [-0.4, -0.2) is 84.7 Å². The Labute approximate surface area is 195 Å². The topological polar surface area (TPSA) is 67.7 Å². The van der Waals surface area contributed by atoms with E-state index in [2.05, 4.69) is 83.7 Å². The van der Waals surface area contributed by atoms with Gasteiger partial charge in [0, 0.05) is 7.11 Å². The second-order valence-corrected chi connectivity index (χ2v) is 29.6. The molecule has 7 nitrogen and oxygen atoms in total. The molecule has 0 saturated carbocycles. The van der Waals surface area contributed by atoms with Crippen molar-refractivity contribution in [1.29, 1.82) is 0 Å². The lowest BCUT2D eigenvalue weighted by Gasteiger charge is -2.42. The number of hydrogen-bond donors (Lipinski definition) is 0. The van der Waals surface area contributed by atoms with E-state index in [1.165, 1.54) is 7.11 Å². The second-order valence-electron chi connectivity index (χ2n) is 11.7. The Kier molecular flexibility index (Phi) is 12.6. The van der Waals surface area contributed by atoms with Crippen molar-refractivity contribution in [2.45, 2.75) is 103 Å². The van der Waals surface area contributed by atoms with Crippen molar-refractivity contribution in [3.63, 3.8) is 0 Å². The van der Waals surface area contributed by atoms with Crippen molar-refractivity contribution in [3.8, 4) is 0 Å². The van der Waals surface area contributed by atoms with Gasteiger partial charge in [-0.1, -0.05) is 5.16 Å². The zero-order chi connectivity index (χ0) is 24.7. The van der Waals surface area contributed by atoms with Crippen molar-refractivity contribution < 1.29 is 27.3 Å². The van der Waals surface area contributed by atoms with Gasteiger partial charge in [-0.3, -0.25) is 0 Å². The maximum atomic E-state index is 6.72. The Morgan fingerprint density at radius 3 is 1.48 bits per heavy atom. The number of nitrogens with zero attached hydrogens (tertiary/aromatic N) is 1. The van der Waals surface area contributed by atoms with E-state index in [-0.39, 0.29) is 12.2 Å². The predicted octanol–water partition coefficient (Wildman–Crippen LogP) is 5.15. The van der Waals surface area contributed by atoms with Gasteiger partial charge in [0.15, 0.2) is 33.3 Å². The minimum absolute atomic E-state index is 0.265. The highest BCUT2D eigenvalue weighted by Crippen LogP contribution is 2.26. The van der Waals surface area contributed by atoms with Crippen LogP contribution in [-0.2, 0) is 27.3 Å². The number of oxime groups is 1. The van der Waals surface area contributed by atoms with Crippen LogP contribution in [0.15, 0.2) is 5.16 Å². The van der Waals surface area contributed by atoms with Gasteiger partial charge in [0.1, 0.15) is 25.4 Å². The lowest BCUT2D eigenvalue weighted by Crippen LogP contribution is -2.57. The summed E-state index contributed by atoms with van der Waals surface area (Å²) in [6, 6.07) is 0. The predicted molar refractivity (Wildman–Crippen MR) is 140 cm³/mol. The maximum absolute atomic E-state index is 6.72. The molecule has 0 fully saturated rings. The summed E-state index contributed by atoms with van der Waals surface area (Å²) >= 11 is 0. The highest BCUT2D eigenvalue weighted by Gasteiger charge is 2.42. The van der Waals surface area contributed by atoms with Gasteiger partial charge in [-0.15, -0.1) is 0 Å². The number of methoxy groups -OCH3 is 1. The molecule has 0 unspecified atom stereocenters. The maximum Gasteiger partial charge on any atom is 0.184 e. The Bertz CT molecular complexity index is 538. The van der Waals surface area contributed by atoms with Gasteiger partial charge >= 0.3 is 0 Å². The van der Waals surface area contributed by atoms with Crippen molar-refractivity contribution in [1.82, 2.24) is 0 Å². The molecule has 0 aliphatic carbocycles. The van der Waals surface area contributed by atoms with E-state index < -0.39 is 45.5 Å². The molecule has 0 aliphatic heterocycles. The van der Waals surface area contributed by atoms with Crippen LogP contribution in [0.3, 0.4) is 0 Å². The summed E-state index contributed by atoms with van der Waals surface area (Å²) in [4.78, 5) is 4.97. The Morgan fingerprint density at radius 2 is 1.13 bits per heavy atom. The molecule has 11 heteroatoms. The highest BCUT2D eigenvalue weighted by atomic mass is 28.4. The van der Waals surface area contributed by atoms with E-state index in [1.807, 2.05) is 0 Å². The molecule has 4 atom stereocenters. The zero-order valence-electron chi connectivity index (χ0n) is 22.5. The molecule has 0 saturated heterocycles. The van der Waals surface area contributed by atoms with Crippen molar-refractivity contribution >= 4 is 39.5 Å². The van der Waals surface area contributed by atoms with Crippen LogP contribution in [0.1, 0.15) is 0 Å². The summed E-state index contributed by atoms with van der Waals surface area (Å²) < 4.78 is 32.2. The van der Waals surface area contributed by atoms with Gasteiger partial charge in [0.2, 0.25) is 0 Å². The molecule has 0 aromatic heterocycles. The largest absolute Gasteiger partial charge is 0.415 e. The van der Waals surface area contributed by atoms with Gasteiger partial charge < -0.3 is 27.3 Å². The summed E-state index contributed by atoms with van der Waals surface area (Å²) in [7, 11) is -4.30. The first-order chi connectivity index (χ1) is 13.8. The summed E-state index contributed by atoms with van der Waals surface area (Å²) in [6.07, 6.45) is 0.224. The number of ether oxygens (including phenoxy) is 1. The quantitative estimate of drug-likeness (QED) is 0.172. The summed E-state index contributed by atoms with van der Waals surface area (Å²) in [5, 5.41) is 4.01. The fraction of sp³-hybridized carbons (Fsp3) is 0.950. The van der Waals surface area contributed by atoms with Crippen LogP contribution in [0.4, 0.5) is 0 Å². The summed E-state index contributed by atoms with van der Waals surface area (Å²) in [5.74, 6) is 0. The molecule has 0 aromatic carbocycles. The van der Waals surface area contributed by atoms with E-state index in [4.69, 9.17) is 27.3 Å². The molecule has 0 spiro atoms. The molecule has 186 valence electrons. The fourth-order valence-electron chi connectivity index (χ4n) is 2.91. The fourth-order valence-corrected chi connectivity index (χ4v) is 6.80. The monoisotopic (exact) mass is 511 g/mol. The molecule has 0 N–H and O–H groups in total. The minimum Gasteiger partial charge on any atom is -0.415 e. The van der Waals surface area contributed by atoms with Gasteiger partial charge in [-0.05, 0) is 78.6 Å². The molecule has 0 bridgehead atoms. The van der Waals surface area contributed by atoms with Gasteiger partial charge in [-0.2, -0.15) is 0 Å². The van der Waals surface area contributed by atoms with Crippen LogP contribution in [0.5, 0.6) is 0 Å². The van der Waals surface area contributed by atoms with E-state index in [0.717, 1.165) is 0 Å². The molecular formula is C20H49NO6Si4. The molecule has 0 rings (SSSR count). The number of hydrogen-bond acceptors (Lipinski definition) is 7. The lowest BCUT2D eigenvalue weighted by molar-refractivity contribution is -0.0965. The van der Waals surface area contributed by atoms with E-state index in [9.17, 15) is 0 Å². The highest BCUT2D eigenvalue weighted by molar-refractivity contribution is 6.71. The normalized spacial score (nSPS) is 18.1. The SMILES string of the molecule is CON=C[C@H](O[Si](C)(C)C)[C@@H](OC)[C@H](O[Si](C)(C)C)[C@@H](CO[Si](C)(C)C)O[Si](C)(C)C. The first kappa shape index (κ1) is 31.1. The smallest absolute Gasteiger partial charge is 0.184 e. The Morgan fingerprint density at radius 1 is 0.645 bits per heavy atom. The average molecular weight is 512 g/mol. The molecule has 0 amide bonds. The Balaban J connectivity index is 6.28. The molecule has 0 aromatic rings. The van der Waals surface area contributed by atoms with Gasteiger partial charge in [0.05, 0.1) is 18.9 Å². The van der Waals surface area contributed by atoms with Gasteiger partial charge in [-0.25, -0.2) is 0 Å². The van der Waals surface area contributed by atoms with E-state index in [0.29, 0.717) is 6.61 Å². The van der Waals surface area contributed by atoms with Crippen LogP contribution >= 0.6 is 0 Å². The van der Waals surface area contributed by atoms with Crippen LogP contribution < -0.4 is 0 Å². The zero-order valence-corrected chi connectivity index (χ0v) is 26.5. The first-order valence-corrected chi connectivity index (χ1v) is 24.7. The van der Waals surface area contributed by atoms with Crippen LogP contribution in [0.2, 0.25) is 78.6 Å². The van der Waals surface area contributed by atoms with Crippen molar-refractivity contribution in [2.75, 3.05) is 20.8 Å². The first-order valence-electron chi connectivity index (χ1n) is 11.0. The summed E-state index contributed by atoms with van der Waals surface area (Å²) in [5.41, 5.74) is 0. The van der Waals surface area contributed by atoms with Crippen LogP contribution in [0, 0.1) is 0 Å². The molecule has 0 radical (unpaired) electrons. The van der Waals surface area contributed by atoms with Crippen LogP contribution in [0.25, 0.3) is 0 Å². The molecule has 31 heavy (non-hydrogen) atoms. The molecule has 0 heterocycles. The third kappa shape index (κ3) is 15.6. The summed E-state index contributed by atoms with van der Waals surface area (Å²) in [6.45, 7) is 26.5. The van der Waals surface area contributed by atoms with E-state index >= 15 is 0 Å². The molecular weight excluding hydrogens is 463 g/mol. The average Bonchev–Trinajstić information content (AvgIpc) is 2.51. The minimum atomic E-state index is -1.96. The Hall–Kier alpha value is 0.138. The third-order valence-corrected chi connectivity index (χ3v) is 7.77.